The number of hydrazone groups is 1. The Hall–Kier alpha value is -3.67. The van der Waals surface area contributed by atoms with E-state index in [1.54, 1.807) is 13.3 Å². The predicted molar refractivity (Wildman–Crippen MR) is 115 cm³/mol. The molecule has 0 saturated heterocycles. The second kappa shape index (κ2) is 9.50. The minimum absolute atomic E-state index is 0.0434. The van der Waals surface area contributed by atoms with Crippen molar-refractivity contribution in [1.82, 2.24) is 5.43 Å². The van der Waals surface area contributed by atoms with Crippen molar-refractivity contribution in [3.05, 3.63) is 71.8 Å². The van der Waals surface area contributed by atoms with Crippen LogP contribution in [-0.2, 0) is 9.59 Å². The lowest BCUT2D eigenvalue weighted by Crippen LogP contribution is -2.20. The van der Waals surface area contributed by atoms with Gasteiger partial charge in [-0.2, -0.15) is 5.10 Å². The first kappa shape index (κ1) is 20.1. The van der Waals surface area contributed by atoms with Crippen LogP contribution in [0.5, 0.6) is 5.75 Å². The smallest absolute Gasteiger partial charge is 0.240 e. The molecule has 0 heterocycles. The van der Waals surface area contributed by atoms with Gasteiger partial charge in [0.25, 0.3) is 0 Å². The van der Waals surface area contributed by atoms with Crippen LogP contribution >= 0.6 is 0 Å². The number of aryl methyl sites for hydroxylation is 1. The minimum atomic E-state index is -0.334. The van der Waals surface area contributed by atoms with Gasteiger partial charge in [-0.3, -0.25) is 9.59 Å². The van der Waals surface area contributed by atoms with Gasteiger partial charge < -0.3 is 10.1 Å². The molecule has 0 bridgehead atoms. The minimum Gasteiger partial charge on any atom is -0.496 e. The Balaban J connectivity index is 1.55. The van der Waals surface area contributed by atoms with Gasteiger partial charge in [-0.25, -0.2) is 5.43 Å². The molecule has 3 aromatic carbocycles. The summed E-state index contributed by atoms with van der Waals surface area (Å²) in [4.78, 5) is 24.0. The fourth-order valence-electron chi connectivity index (χ4n) is 2.90. The molecule has 0 aliphatic rings. The summed E-state index contributed by atoms with van der Waals surface area (Å²) >= 11 is 0. The van der Waals surface area contributed by atoms with E-state index in [1.165, 1.54) is 0 Å². The fraction of sp³-hybridized carbons (Fsp3) is 0.174. The summed E-state index contributed by atoms with van der Waals surface area (Å²) in [7, 11) is 1.59. The number of hydrogen-bond donors (Lipinski definition) is 2. The Morgan fingerprint density at radius 3 is 2.45 bits per heavy atom. The fourth-order valence-corrected chi connectivity index (χ4v) is 2.90. The van der Waals surface area contributed by atoms with Gasteiger partial charge in [0.15, 0.2) is 0 Å². The quantitative estimate of drug-likeness (QED) is 0.473. The third kappa shape index (κ3) is 5.42. The number of fused-ring (bicyclic) bond motifs is 1. The van der Waals surface area contributed by atoms with Gasteiger partial charge >= 0.3 is 0 Å². The molecule has 6 heteroatoms. The van der Waals surface area contributed by atoms with Crippen LogP contribution in [0.15, 0.2) is 65.8 Å². The molecule has 2 N–H and O–H groups in total. The third-order valence-corrected chi connectivity index (χ3v) is 4.45. The first-order valence-electron chi connectivity index (χ1n) is 9.31. The molecule has 0 aliphatic heterocycles. The molecule has 0 fully saturated rings. The highest BCUT2D eigenvalue weighted by Gasteiger charge is 2.08. The highest BCUT2D eigenvalue weighted by Crippen LogP contribution is 2.26. The zero-order valence-corrected chi connectivity index (χ0v) is 16.4. The standard InChI is InChI=1S/C23H23N3O3/c1-16-7-10-18(11-8-16)25-22(27)13-14-23(28)26-24-15-20-19-6-4-3-5-17(19)9-12-21(20)29-2/h3-12,15H,13-14H2,1-2H3,(H,25,27)(H,26,28). The average molecular weight is 389 g/mol. The summed E-state index contributed by atoms with van der Waals surface area (Å²) in [6.45, 7) is 1.98. The van der Waals surface area contributed by atoms with Crippen molar-refractivity contribution in [1.29, 1.82) is 0 Å². The number of ether oxygens (including phenoxy) is 1. The first-order chi connectivity index (χ1) is 14.1. The lowest BCUT2D eigenvalue weighted by atomic mass is 10.0. The summed E-state index contributed by atoms with van der Waals surface area (Å²) < 4.78 is 5.40. The number of carbonyl (C=O) groups is 2. The summed E-state index contributed by atoms with van der Waals surface area (Å²) in [5.41, 5.74) is 5.07. The van der Waals surface area contributed by atoms with E-state index in [4.69, 9.17) is 4.74 Å². The largest absolute Gasteiger partial charge is 0.496 e. The van der Waals surface area contributed by atoms with E-state index >= 15 is 0 Å². The lowest BCUT2D eigenvalue weighted by molar-refractivity contribution is -0.124. The molecule has 0 aromatic heterocycles. The number of nitrogens with zero attached hydrogens (tertiary/aromatic N) is 1. The van der Waals surface area contributed by atoms with Crippen molar-refractivity contribution in [2.24, 2.45) is 5.10 Å². The normalized spacial score (nSPS) is 10.8. The first-order valence-corrected chi connectivity index (χ1v) is 9.31. The zero-order chi connectivity index (χ0) is 20.6. The Kier molecular flexibility index (Phi) is 6.58. The van der Waals surface area contributed by atoms with Crippen LogP contribution in [-0.4, -0.2) is 25.1 Å². The second-order valence-electron chi connectivity index (χ2n) is 6.61. The summed E-state index contributed by atoms with van der Waals surface area (Å²) in [6.07, 6.45) is 1.68. The van der Waals surface area contributed by atoms with Gasteiger partial charge in [-0.1, -0.05) is 48.0 Å². The van der Waals surface area contributed by atoms with E-state index in [2.05, 4.69) is 15.8 Å². The van der Waals surface area contributed by atoms with Crippen LogP contribution in [0, 0.1) is 6.92 Å². The van der Waals surface area contributed by atoms with Gasteiger partial charge in [-0.15, -0.1) is 0 Å². The van der Waals surface area contributed by atoms with Crippen LogP contribution < -0.4 is 15.5 Å². The maximum absolute atomic E-state index is 12.0. The molecule has 0 aliphatic carbocycles. The van der Waals surface area contributed by atoms with E-state index < -0.39 is 0 Å². The van der Waals surface area contributed by atoms with E-state index in [9.17, 15) is 9.59 Å². The Bertz CT molecular complexity index is 1040. The third-order valence-electron chi connectivity index (χ3n) is 4.45. The van der Waals surface area contributed by atoms with Crippen molar-refractivity contribution in [3.8, 4) is 5.75 Å². The molecule has 3 aromatic rings. The molecule has 0 unspecified atom stereocenters. The summed E-state index contributed by atoms with van der Waals surface area (Å²) in [5.74, 6) is 0.113. The van der Waals surface area contributed by atoms with E-state index in [0.717, 1.165) is 21.9 Å². The number of nitrogens with one attached hydrogen (secondary N) is 2. The van der Waals surface area contributed by atoms with Crippen LogP contribution in [0.25, 0.3) is 10.8 Å². The average Bonchev–Trinajstić information content (AvgIpc) is 2.74. The Morgan fingerprint density at radius 2 is 1.69 bits per heavy atom. The SMILES string of the molecule is COc1ccc2ccccc2c1C=NNC(=O)CCC(=O)Nc1ccc(C)cc1. The monoisotopic (exact) mass is 389 g/mol. The number of benzene rings is 3. The van der Waals surface area contributed by atoms with Gasteiger partial charge in [0.05, 0.1) is 13.3 Å². The molecular weight excluding hydrogens is 366 g/mol. The van der Waals surface area contributed by atoms with Crippen LogP contribution in [0.2, 0.25) is 0 Å². The van der Waals surface area contributed by atoms with Crippen LogP contribution in [0.4, 0.5) is 5.69 Å². The Labute approximate surface area is 169 Å². The van der Waals surface area contributed by atoms with E-state index in [1.807, 2.05) is 67.6 Å². The number of rotatable bonds is 7. The van der Waals surface area contributed by atoms with Crippen LogP contribution in [0.1, 0.15) is 24.0 Å². The van der Waals surface area contributed by atoms with Gasteiger partial charge in [0.1, 0.15) is 5.75 Å². The molecule has 0 spiro atoms. The molecular formula is C23H23N3O3. The van der Waals surface area contributed by atoms with Crippen molar-refractivity contribution >= 4 is 34.5 Å². The number of methoxy groups -OCH3 is 1. The Morgan fingerprint density at radius 1 is 0.966 bits per heavy atom. The van der Waals surface area contributed by atoms with Crippen molar-refractivity contribution < 1.29 is 14.3 Å². The topological polar surface area (TPSA) is 79.8 Å². The van der Waals surface area contributed by atoms with Crippen molar-refractivity contribution in [2.75, 3.05) is 12.4 Å². The molecule has 6 nitrogen and oxygen atoms in total. The summed E-state index contributed by atoms with van der Waals surface area (Å²) in [5, 5.41) is 8.83. The maximum Gasteiger partial charge on any atom is 0.240 e. The highest BCUT2D eigenvalue weighted by atomic mass is 16.5. The number of hydrogen-bond acceptors (Lipinski definition) is 4. The van der Waals surface area contributed by atoms with E-state index in [-0.39, 0.29) is 24.7 Å². The number of amides is 2. The molecule has 3 rings (SSSR count). The molecule has 29 heavy (non-hydrogen) atoms. The molecule has 0 radical (unpaired) electrons. The lowest BCUT2D eigenvalue weighted by Gasteiger charge is -2.08. The summed E-state index contributed by atoms with van der Waals surface area (Å²) in [6, 6.07) is 19.2. The maximum atomic E-state index is 12.0. The number of anilines is 1. The molecule has 0 saturated carbocycles. The van der Waals surface area contributed by atoms with Gasteiger partial charge in [-0.05, 0) is 35.9 Å². The molecule has 148 valence electrons. The van der Waals surface area contributed by atoms with Crippen molar-refractivity contribution in [2.45, 2.75) is 19.8 Å². The van der Waals surface area contributed by atoms with E-state index in [0.29, 0.717) is 11.4 Å². The second-order valence-corrected chi connectivity index (χ2v) is 6.61. The predicted octanol–water partition coefficient (Wildman–Crippen LogP) is 4.03. The van der Waals surface area contributed by atoms with Gasteiger partial charge in [0, 0.05) is 24.1 Å². The van der Waals surface area contributed by atoms with Crippen LogP contribution in [0.3, 0.4) is 0 Å². The number of carbonyl (C=O) groups excluding carboxylic acids is 2. The van der Waals surface area contributed by atoms with Crippen molar-refractivity contribution in [3.63, 3.8) is 0 Å². The molecule has 0 atom stereocenters. The highest BCUT2D eigenvalue weighted by molar-refractivity contribution is 6.02. The zero-order valence-electron chi connectivity index (χ0n) is 16.4. The molecule has 2 amide bonds. The van der Waals surface area contributed by atoms with Gasteiger partial charge in [0.2, 0.25) is 11.8 Å².